The van der Waals surface area contributed by atoms with E-state index in [4.69, 9.17) is 11.6 Å². The van der Waals surface area contributed by atoms with Crippen LogP contribution < -0.4 is 5.32 Å². The molecule has 0 aromatic heterocycles. The van der Waals surface area contributed by atoms with Crippen LogP contribution in [-0.4, -0.2) is 24.1 Å². The lowest BCUT2D eigenvalue weighted by molar-refractivity contribution is 0.563. The summed E-state index contributed by atoms with van der Waals surface area (Å²) in [6.07, 6.45) is 1.23. The minimum absolute atomic E-state index is 0.589. The van der Waals surface area contributed by atoms with E-state index in [-0.39, 0.29) is 0 Å². The molecule has 1 nitrogen and oxygen atoms in total. The molecule has 0 aliphatic heterocycles. The Morgan fingerprint density at radius 1 is 1.62 bits per heavy atom. The molecule has 13 heavy (non-hydrogen) atoms. The van der Waals surface area contributed by atoms with Gasteiger partial charge in [-0.05, 0) is 37.3 Å². The quantitative estimate of drug-likeness (QED) is 0.663. The first-order chi connectivity index (χ1) is 6.20. The van der Waals surface area contributed by atoms with Crippen molar-refractivity contribution in [3.63, 3.8) is 0 Å². The molecule has 0 aromatic rings. The molecule has 0 radical (unpaired) electrons. The van der Waals surface area contributed by atoms with Gasteiger partial charge in [-0.25, -0.2) is 0 Å². The average molecular weight is 222 g/mol. The largest absolute Gasteiger partial charge is 0.310 e. The predicted octanol–water partition coefficient (Wildman–Crippen LogP) is 3.25. The van der Waals surface area contributed by atoms with Gasteiger partial charge >= 0.3 is 0 Å². The number of nitrogens with one attached hydrogen (secondary N) is 1. The number of thioether (sulfide) groups is 1. The molecule has 0 fully saturated rings. The molecule has 1 unspecified atom stereocenters. The summed E-state index contributed by atoms with van der Waals surface area (Å²) in [6, 6.07) is 0.589. The molecule has 0 amide bonds. The fraction of sp³-hybridized carbons (Fsp3) is 0.800. The van der Waals surface area contributed by atoms with Crippen LogP contribution in [0.2, 0.25) is 0 Å². The van der Waals surface area contributed by atoms with Crippen molar-refractivity contribution in [3.05, 3.63) is 11.1 Å². The molecular formula is C10H20ClNS. The minimum Gasteiger partial charge on any atom is -0.310 e. The van der Waals surface area contributed by atoms with E-state index in [1.807, 2.05) is 18.7 Å². The minimum atomic E-state index is 0.589. The third-order valence-corrected chi connectivity index (χ3v) is 3.12. The third kappa shape index (κ3) is 8.66. The first-order valence-electron chi connectivity index (χ1n) is 4.77. The lowest BCUT2D eigenvalue weighted by Crippen LogP contribution is -2.28. The van der Waals surface area contributed by atoms with Crippen LogP contribution in [0.5, 0.6) is 0 Å². The van der Waals surface area contributed by atoms with Crippen LogP contribution in [0.15, 0.2) is 11.1 Å². The monoisotopic (exact) mass is 221 g/mol. The van der Waals surface area contributed by atoms with Crippen molar-refractivity contribution >= 4 is 23.4 Å². The molecule has 78 valence electrons. The van der Waals surface area contributed by atoms with E-state index in [0.717, 1.165) is 6.54 Å². The van der Waals surface area contributed by atoms with Gasteiger partial charge in [0.05, 0.1) is 0 Å². The summed E-state index contributed by atoms with van der Waals surface area (Å²) in [6.45, 7) is 7.36. The van der Waals surface area contributed by atoms with Crippen molar-refractivity contribution in [1.29, 1.82) is 0 Å². The van der Waals surface area contributed by atoms with Gasteiger partial charge in [-0.1, -0.05) is 18.5 Å². The Morgan fingerprint density at radius 2 is 2.31 bits per heavy atom. The average Bonchev–Trinajstić information content (AvgIpc) is 2.14. The van der Waals surface area contributed by atoms with E-state index in [1.165, 1.54) is 23.5 Å². The van der Waals surface area contributed by atoms with Gasteiger partial charge in [-0.3, -0.25) is 0 Å². The zero-order valence-corrected chi connectivity index (χ0v) is 10.3. The molecule has 0 bridgehead atoms. The smallest absolute Gasteiger partial charge is 0.0176 e. The van der Waals surface area contributed by atoms with E-state index >= 15 is 0 Å². The fourth-order valence-electron chi connectivity index (χ4n) is 0.880. The SMILES string of the molecule is CCSCCC(C)NCC(C)=CCl. The van der Waals surface area contributed by atoms with Gasteiger partial charge in [-0.2, -0.15) is 11.8 Å². The maximum absolute atomic E-state index is 5.56. The molecule has 0 heterocycles. The van der Waals surface area contributed by atoms with Crippen molar-refractivity contribution in [2.24, 2.45) is 0 Å². The first-order valence-corrected chi connectivity index (χ1v) is 6.36. The van der Waals surface area contributed by atoms with Crippen LogP contribution in [-0.2, 0) is 0 Å². The Hall–Kier alpha value is 0.340. The highest BCUT2D eigenvalue weighted by Crippen LogP contribution is 2.04. The summed E-state index contributed by atoms with van der Waals surface area (Å²) in [5, 5.41) is 3.43. The van der Waals surface area contributed by atoms with E-state index in [0.29, 0.717) is 6.04 Å². The van der Waals surface area contributed by atoms with Gasteiger partial charge in [0.25, 0.3) is 0 Å². The van der Waals surface area contributed by atoms with E-state index in [1.54, 1.807) is 5.54 Å². The molecule has 1 atom stereocenters. The Labute approximate surface area is 91.3 Å². The van der Waals surface area contributed by atoms with Gasteiger partial charge in [0, 0.05) is 18.1 Å². The second-order valence-electron chi connectivity index (χ2n) is 3.22. The number of rotatable bonds is 7. The van der Waals surface area contributed by atoms with Gasteiger partial charge in [0.15, 0.2) is 0 Å². The first kappa shape index (κ1) is 13.3. The number of halogens is 1. The van der Waals surface area contributed by atoms with Gasteiger partial charge < -0.3 is 5.32 Å². The summed E-state index contributed by atoms with van der Waals surface area (Å²) in [5.41, 5.74) is 2.83. The number of hydrogen-bond donors (Lipinski definition) is 1. The Morgan fingerprint density at radius 3 is 2.85 bits per heavy atom. The standard InChI is InChI=1S/C10H20ClNS/c1-4-13-6-5-10(3)12-8-9(2)7-11/h7,10,12H,4-6,8H2,1-3H3. The van der Waals surface area contributed by atoms with Crippen molar-refractivity contribution in [1.82, 2.24) is 5.32 Å². The lowest BCUT2D eigenvalue weighted by atomic mass is 10.2. The van der Waals surface area contributed by atoms with Crippen LogP contribution in [0.4, 0.5) is 0 Å². The Balaban J connectivity index is 3.34. The Kier molecular flexibility index (Phi) is 9.15. The zero-order valence-electron chi connectivity index (χ0n) is 8.77. The van der Waals surface area contributed by atoms with E-state index in [9.17, 15) is 0 Å². The molecule has 0 spiro atoms. The van der Waals surface area contributed by atoms with Crippen molar-refractivity contribution < 1.29 is 0 Å². The van der Waals surface area contributed by atoms with Crippen LogP contribution in [0.1, 0.15) is 27.2 Å². The van der Waals surface area contributed by atoms with Crippen molar-refractivity contribution in [3.8, 4) is 0 Å². The normalized spacial score (nSPS) is 14.6. The molecule has 0 aliphatic rings. The topological polar surface area (TPSA) is 12.0 Å². The van der Waals surface area contributed by atoms with E-state index in [2.05, 4.69) is 19.2 Å². The predicted molar refractivity (Wildman–Crippen MR) is 64.7 cm³/mol. The van der Waals surface area contributed by atoms with Crippen LogP contribution >= 0.6 is 23.4 Å². The van der Waals surface area contributed by atoms with Crippen LogP contribution in [0.3, 0.4) is 0 Å². The molecule has 0 rings (SSSR count). The second-order valence-corrected chi connectivity index (χ2v) is 4.84. The summed E-state index contributed by atoms with van der Waals surface area (Å²) in [4.78, 5) is 0. The zero-order chi connectivity index (χ0) is 10.1. The third-order valence-electron chi connectivity index (χ3n) is 1.81. The van der Waals surface area contributed by atoms with E-state index < -0.39 is 0 Å². The Bertz CT molecular complexity index is 148. The highest BCUT2D eigenvalue weighted by atomic mass is 35.5. The lowest BCUT2D eigenvalue weighted by Gasteiger charge is -2.12. The molecule has 0 aromatic carbocycles. The summed E-state index contributed by atoms with van der Waals surface area (Å²) < 4.78 is 0. The van der Waals surface area contributed by atoms with Gasteiger partial charge in [0.1, 0.15) is 0 Å². The molecule has 0 saturated carbocycles. The molecular weight excluding hydrogens is 202 g/mol. The fourth-order valence-corrected chi connectivity index (χ4v) is 1.77. The molecule has 3 heteroatoms. The maximum Gasteiger partial charge on any atom is 0.0176 e. The molecule has 0 aliphatic carbocycles. The van der Waals surface area contributed by atoms with Crippen molar-refractivity contribution in [2.75, 3.05) is 18.1 Å². The van der Waals surface area contributed by atoms with Crippen LogP contribution in [0.25, 0.3) is 0 Å². The summed E-state index contributed by atoms with van der Waals surface area (Å²) in [5.74, 6) is 2.46. The van der Waals surface area contributed by atoms with Crippen molar-refractivity contribution in [2.45, 2.75) is 33.2 Å². The summed E-state index contributed by atoms with van der Waals surface area (Å²) in [7, 11) is 0. The number of hydrogen-bond acceptors (Lipinski definition) is 2. The summed E-state index contributed by atoms with van der Waals surface area (Å²) >= 11 is 7.55. The maximum atomic E-state index is 5.56. The molecule has 0 saturated heterocycles. The van der Waals surface area contributed by atoms with Gasteiger partial charge in [-0.15, -0.1) is 0 Å². The second kappa shape index (κ2) is 8.92. The molecule has 1 N–H and O–H groups in total. The highest BCUT2D eigenvalue weighted by Gasteiger charge is 2.00. The van der Waals surface area contributed by atoms with Gasteiger partial charge in [0.2, 0.25) is 0 Å². The highest BCUT2D eigenvalue weighted by molar-refractivity contribution is 7.99. The van der Waals surface area contributed by atoms with Crippen LogP contribution in [0, 0.1) is 0 Å².